The Hall–Kier alpha value is -2.74. The number of nitrogens with zero attached hydrogens (tertiary/aromatic N) is 6. The molecule has 160 valence electrons. The van der Waals surface area contributed by atoms with Crippen LogP contribution in [-0.4, -0.2) is 61.1 Å². The topological polar surface area (TPSA) is 80.4 Å². The number of fused-ring (bicyclic) bond motifs is 1. The highest BCUT2D eigenvalue weighted by Crippen LogP contribution is 2.33. The monoisotopic (exact) mass is 409 g/mol. The molecule has 0 radical (unpaired) electrons. The van der Waals surface area contributed by atoms with Crippen LogP contribution in [0.4, 0.5) is 0 Å². The largest absolute Gasteiger partial charge is 0.351 e. The van der Waals surface area contributed by atoms with Crippen molar-refractivity contribution in [3.05, 3.63) is 36.5 Å². The molecule has 0 aliphatic heterocycles. The standard InChI is InChI=1S/C22H31N7O/c1-3-27(4-2)14-7-11-24-22(30)20-19-16-23-13-15-28(19)21(26-20)18-10-12-25-29(18)17-8-5-6-9-17/h10,12-13,15-17H,3-9,11,14H2,1-2H3,(H,24,30). The smallest absolute Gasteiger partial charge is 0.272 e. The van der Waals surface area contributed by atoms with Gasteiger partial charge in [-0.2, -0.15) is 5.10 Å². The summed E-state index contributed by atoms with van der Waals surface area (Å²) in [5, 5.41) is 7.60. The summed E-state index contributed by atoms with van der Waals surface area (Å²) in [6.07, 6.45) is 12.8. The Kier molecular flexibility index (Phi) is 6.42. The van der Waals surface area contributed by atoms with E-state index in [1.807, 2.05) is 22.9 Å². The Morgan fingerprint density at radius 3 is 2.80 bits per heavy atom. The lowest BCUT2D eigenvalue weighted by Crippen LogP contribution is -2.30. The molecule has 0 spiro atoms. The molecule has 1 fully saturated rings. The Morgan fingerprint density at radius 1 is 1.23 bits per heavy atom. The van der Waals surface area contributed by atoms with Crippen molar-refractivity contribution in [2.75, 3.05) is 26.2 Å². The van der Waals surface area contributed by atoms with Crippen molar-refractivity contribution < 1.29 is 4.79 Å². The van der Waals surface area contributed by atoms with E-state index >= 15 is 0 Å². The van der Waals surface area contributed by atoms with Gasteiger partial charge in [-0.15, -0.1) is 0 Å². The van der Waals surface area contributed by atoms with E-state index in [4.69, 9.17) is 4.98 Å². The molecule has 3 aromatic rings. The second kappa shape index (κ2) is 9.38. The van der Waals surface area contributed by atoms with E-state index in [0.717, 1.165) is 50.4 Å². The summed E-state index contributed by atoms with van der Waals surface area (Å²) in [7, 11) is 0. The van der Waals surface area contributed by atoms with Crippen molar-refractivity contribution in [1.29, 1.82) is 0 Å². The first kappa shape index (κ1) is 20.5. The van der Waals surface area contributed by atoms with E-state index < -0.39 is 0 Å². The molecule has 3 aromatic heterocycles. The summed E-state index contributed by atoms with van der Waals surface area (Å²) in [5.74, 6) is 0.586. The molecule has 3 heterocycles. The highest BCUT2D eigenvalue weighted by Gasteiger charge is 2.24. The molecular formula is C22H31N7O. The number of nitrogens with one attached hydrogen (secondary N) is 1. The van der Waals surface area contributed by atoms with Gasteiger partial charge in [-0.05, 0) is 45.0 Å². The van der Waals surface area contributed by atoms with Gasteiger partial charge in [0, 0.05) is 25.1 Å². The molecular weight excluding hydrogens is 378 g/mol. The van der Waals surface area contributed by atoms with E-state index in [2.05, 4.69) is 38.8 Å². The van der Waals surface area contributed by atoms with Gasteiger partial charge in [0.2, 0.25) is 0 Å². The quantitative estimate of drug-likeness (QED) is 0.549. The summed E-state index contributed by atoms with van der Waals surface area (Å²) < 4.78 is 4.02. The van der Waals surface area contributed by atoms with Gasteiger partial charge in [-0.25, -0.2) is 4.98 Å². The van der Waals surface area contributed by atoms with E-state index in [1.54, 1.807) is 12.4 Å². The maximum Gasteiger partial charge on any atom is 0.272 e. The molecule has 8 nitrogen and oxygen atoms in total. The fourth-order valence-electron chi connectivity index (χ4n) is 4.35. The van der Waals surface area contributed by atoms with Crippen LogP contribution in [0.5, 0.6) is 0 Å². The number of aromatic nitrogens is 5. The second-order valence-corrected chi connectivity index (χ2v) is 7.85. The minimum absolute atomic E-state index is 0.154. The molecule has 0 saturated heterocycles. The van der Waals surface area contributed by atoms with Crippen molar-refractivity contribution in [3.63, 3.8) is 0 Å². The minimum atomic E-state index is -0.154. The van der Waals surface area contributed by atoms with Gasteiger partial charge in [0.1, 0.15) is 5.69 Å². The number of hydrogen-bond acceptors (Lipinski definition) is 5. The molecule has 8 heteroatoms. The Labute approximate surface area is 177 Å². The molecule has 1 saturated carbocycles. The van der Waals surface area contributed by atoms with Crippen LogP contribution in [0.15, 0.2) is 30.9 Å². The van der Waals surface area contributed by atoms with Crippen LogP contribution < -0.4 is 5.32 Å². The van der Waals surface area contributed by atoms with Crippen LogP contribution in [0.3, 0.4) is 0 Å². The summed E-state index contributed by atoms with van der Waals surface area (Å²) in [6.45, 7) is 7.97. The van der Waals surface area contributed by atoms with E-state index in [9.17, 15) is 4.79 Å². The molecule has 0 bridgehead atoms. The summed E-state index contributed by atoms with van der Waals surface area (Å²) in [4.78, 5) is 24.2. The number of rotatable bonds is 9. The van der Waals surface area contributed by atoms with Gasteiger partial charge in [0.05, 0.1) is 17.8 Å². The van der Waals surface area contributed by atoms with Crippen molar-refractivity contribution >= 4 is 11.4 Å². The first-order chi connectivity index (χ1) is 14.7. The molecule has 0 atom stereocenters. The molecule has 30 heavy (non-hydrogen) atoms. The highest BCUT2D eigenvalue weighted by molar-refractivity contribution is 5.99. The maximum atomic E-state index is 12.9. The third-order valence-electron chi connectivity index (χ3n) is 6.06. The Bertz CT molecular complexity index is 982. The lowest BCUT2D eigenvalue weighted by molar-refractivity contribution is 0.0949. The second-order valence-electron chi connectivity index (χ2n) is 7.85. The van der Waals surface area contributed by atoms with Crippen LogP contribution in [0.25, 0.3) is 17.0 Å². The fraction of sp³-hybridized carbons (Fsp3) is 0.545. The first-order valence-corrected chi connectivity index (χ1v) is 11.1. The SMILES string of the molecule is CCN(CC)CCCNC(=O)c1nc(-c2ccnn2C2CCCC2)n2ccncc12. The number of imidazole rings is 1. The average Bonchev–Trinajstić information content (AvgIpc) is 3.52. The molecule has 0 aromatic carbocycles. The molecule has 1 aliphatic carbocycles. The van der Waals surface area contributed by atoms with E-state index in [0.29, 0.717) is 23.8 Å². The van der Waals surface area contributed by atoms with Crippen molar-refractivity contribution in [3.8, 4) is 11.5 Å². The number of carbonyl (C=O) groups excluding carboxylic acids is 1. The van der Waals surface area contributed by atoms with E-state index in [1.165, 1.54) is 12.8 Å². The van der Waals surface area contributed by atoms with Gasteiger partial charge < -0.3 is 10.2 Å². The lowest BCUT2D eigenvalue weighted by Gasteiger charge is -2.17. The minimum Gasteiger partial charge on any atom is -0.351 e. The summed E-state index contributed by atoms with van der Waals surface area (Å²) in [6, 6.07) is 2.39. The zero-order valence-electron chi connectivity index (χ0n) is 17.9. The third-order valence-corrected chi connectivity index (χ3v) is 6.06. The first-order valence-electron chi connectivity index (χ1n) is 11.1. The number of amides is 1. The van der Waals surface area contributed by atoms with Crippen molar-refractivity contribution in [1.82, 2.24) is 34.4 Å². The highest BCUT2D eigenvalue weighted by atomic mass is 16.1. The van der Waals surface area contributed by atoms with Crippen LogP contribution in [-0.2, 0) is 0 Å². The third kappa shape index (κ3) is 4.09. The lowest BCUT2D eigenvalue weighted by atomic mass is 10.2. The summed E-state index contributed by atoms with van der Waals surface area (Å²) in [5.41, 5.74) is 2.08. The predicted molar refractivity (Wildman–Crippen MR) is 116 cm³/mol. The normalized spacial score (nSPS) is 14.8. The molecule has 1 aliphatic rings. The van der Waals surface area contributed by atoms with Crippen LogP contribution >= 0.6 is 0 Å². The Morgan fingerprint density at radius 2 is 2.03 bits per heavy atom. The molecule has 1 N–H and O–H groups in total. The van der Waals surface area contributed by atoms with Crippen molar-refractivity contribution in [2.45, 2.75) is 52.0 Å². The van der Waals surface area contributed by atoms with Gasteiger partial charge in [0.25, 0.3) is 5.91 Å². The molecule has 4 rings (SSSR count). The van der Waals surface area contributed by atoms with E-state index in [-0.39, 0.29) is 5.91 Å². The summed E-state index contributed by atoms with van der Waals surface area (Å²) >= 11 is 0. The number of hydrogen-bond donors (Lipinski definition) is 1. The number of carbonyl (C=O) groups is 1. The molecule has 1 amide bonds. The van der Waals surface area contributed by atoms with Gasteiger partial charge in [-0.1, -0.05) is 26.7 Å². The maximum absolute atomic E-state index is 12.9. The average molecular weight is 410 g/mol. The van der Waals surface area contributed by atoms with Crippen LogP contribution in [0.2, 0.25) is 0 Å². The Balaban J connectivity index is 1.56. The van der Waals surface area contributed by atoms with Crippen molar-refractivity contribution in [2.24, 2.45) is 0 Å². The molecule has 0 unspecified atom stereocenters. The van der Waals surface area contributed by atoms with Gasteiger partial charge >= 0.3 is 0 Å². The zero-order chi connectivity index (χ0) is 20.9. The van der Waals surface area contributed by atoms with Gasteiger partial charge in [0.15, 0.2) is 11.5 Å². The predicted octanol–water partition coefficient (Wildman–Crippen LogP) is 3.17. The van der Waals surface area contributed by atoms with Crippen LogP contribution in [0, 0.1) is 0 Å². The van der Waals surface area contributed by atoms with Crippen LogP contribution in [0.1, 0.15) is 62.5 Å². The fourth-order valence-corrected chi connectivity index (χ4v) is 4.35. The zero-order valence-corrected chi connectivity index (χ0v) is 17.9. The van der Waals surface area contributed by atoms with Gasteiger partial charge in [-0.3, -0.25) is 18.9 Å².